The topological polar surface area (TPSA) is 119 Å². The summed E-state index contributed by atoms with van der Waals surface area (Å²) in [4.78, 5) is 31.5. The summed E-state index contributed by atoms with van der Waals surface area (Å²) in [6, 6.07) is 7.60. The van der Waals surface area contributed by atoms with E-state index in [1.165, 1.54) is 13.0 Å². The zero-order valence-corrected chi connectivity index (χ0v) is 20.2. The lowest BCUT2D eigenvalue weighted by molar-refractivity contribution is -0.127. The smallest absolute Gasteiger partial charge is 0.246 e. The average Bonchev–Trinajstić information content (AvgIpc) is 3.24. The maximum absolute atomic E-state index is 11.7. The van der Waals surface area contributed by atoms with E-state index in [0.29, 0.717) is 5.82 Å². The minimum absolute atomic E-state index is 0.0225. The molecule has 0 aliphatic carbocycles. The molecule has 2 amide bonds. The van der Waals surface area contributed by atoms with Crippen molar-refractivity contribution in [2.75, 3.05) is 44.6 Å². The molecule has 0 radical (unpaired) electrons. The van der Waals surface area contributed by atoms with Gasteiger partial charge in [0, 0.05) is 50.9 Å². The number of benzene rings is 1. The quantitative estimate of drug-likeness (QED) is 0.364. The largest absolute Gasteiger partial charge is 0.383 e. The standard InChI is InChI=1S/C25H34N8O2/c1-3-21(35)32-15-13-31(14-16-32)11-5-4-6-12-33-25-22(24(26)27-17-28-25)23(30-33)19-7-9-20(10-8-19)29-18(2)34/h3,7-10,17,25H,1,4-6,11-16,26H2,2H3,(H,27,28)(H,29,34). The molecule has 10 heteroatoms. The fourth-order valence-corrected chi connectivity index (χ4v) is 4.61. The lowest BCUT2D eigenvalue weighted by Crippen LogP contribution is -2.48. The van der Waals surface area contributed by atoms with Crippen LogP contribution in [0, 0.1) is 0 Å². The predicted octanol–water partition coefficient (Wildman–Crippen LogP) is 1.29. The van der Waals surface area contributed by atoms with E-state index in [-0.39, 0.29) is 18.0 Å². The molecule has 1 fully saturated rings. The van der Waals surface area contributed by atoms with Gasteiger partial charge in [-0.3, -0.25) is 19.5 Å². The first-order valence-corrected chi connectivity index (χ1v) is 12.1. The van der Waals surface area contributed by atoms with Gasteiger partial charge in [-0.05, 0) is 37.6 Å². The predicted molar refractivity (Wildman–Crippen MR) is 138 cm³/mol. The normalized spacial score (nSPS) is 19.8. The van der Waals surface area contributed by atoms with Crippen LogP contribution in [0.5, 0.6) is 0 Å². The van der Waals surface area contributed by atoms with Crippen molar-refractivity contribution in [1.82, 2.24) is 20.1 Å². The van der Waals surface area contributed by atoms with Crippen LogP contribution in [0.3, 0.4) is 0 Å². The number of hydrogen-bond acceptors (Lipinski definition) is 8. The van der Waals surface area contributed by atoms with E-state index in [1.54, 1.807) is 6.34 Å². The molecule has 3 heterocycles. The molecule has 0 aromatic heterocycles. The molecule has 3 aliphatic heterocycles. The van der Waals surface area contributed by atoms with Gasteiger partial charge in [-0.1, -0.05) is 25.1 Å². The number of unbranched alkanes of at least 4 members (excludes halogenated alkanes) is 2. The SMILES string of the molecule is C=CC(=O)N1CCN(CCCCCN2N=C(c3ccc(NC(C)=O)cc3)C3=C(N)N=CNC32)CC1. The van der Waals surface area contributed by atoms with E-state index in [1.807, 2.05) is 34.2 Å². The number of fused-ring (bicyclic) bond motifs is 1. The van der Waals surface area contributed by atoms with Crippen LogP contribution in [-0.4, -0.2) is 84.1 Å². The number of piperazine rings is 1. The van der Waals surface area contributed by atoms with Gasteiger partial charge in [0.2, 0.25) is 11.8 Å². The molecular formula is C25H34N8O2. The van der Waals surface area contributed by atoms with Crippen molar-refractivity contribution in [2.45, 2.75) is 32.4 Å². The molecule has 3 aliphatic rings. The molecule has 0 spiro atoms. The van der Waals surface area contributed by atoms with Crippen LogP contribution in [0.15, 0.2) is 58.4 Å². The van der Waals surface area contributed by atoms with Gasteiger partial charge >= 0.3 is 0 Å². The second kappa shape index (κ2) is 11.2. The Balaban J connectivity index is 1.30. The Kier molecular flexibility index (Phi) is 7.81. The van der Waals surface area contributed by atoms with Gasteiger partial charge in [-0.2, -0.15) is 5.10 Å². The summed E-state index contributed by atoms with van der Waals surface area (Å²) in [6.07, 6.45) is 6.10. The highest BCUT2D eigenvalue weighted by molar-refractivity contribution is 6.15. The van der Waals surface area contributed by atoms with Crippen molar-refractivity contribution in [1.29, 1.82) is 0 Å². The second-order valence-electron chi connectivity index (χ2n) is 8.93. The van der Waals surface area contributed by atoms with Crippen LogP contribution < -0.4 is 16.4 Å². The molecular weight excluding hydrogens is 444 g/mol. The average molecular weight is 479 g/mol. The Morgan fingerprint density at radius 1 is 1.14 bits per heavy atom. The Morgan fingerprint density at radius 2 is 1.86 bits per heavy atom. The van der Waals surface area contributed by atoms with Crippen LogP contribution in [0.25, 0.3) is 0 Å². The fourth-order valence-electron chi connectivity index (χ4n) is 4.61. The zero-order valence-electron chi connectivity index (χ0n) is 20.2. The van der Waals surface area contributed by atoms with Gasteiger partial charge in [0.15, 0.2) is 0 Å². The first-order chi connectivity index (χ1) is 17.0. The summed E-state index contributed by atoms with van der Waals surface area (Å²) in [5.74, 6) is 0.384. The highest BCUT2D eigenvalue weighted by atomic mass is 16.2. The van der Waals surface area contributed by atoms with Crippen LogP contribution in [0.2, 0.25) is 0 Å². The highest BCUT2D eigenvalue weighted by Crippen LogP contribution is 2.28. The van der Waals surface area contributed by atoms with Gasteiger partial charge in [-0.15, -0.1) is 0 Å². The first-order valence-electron chi connectivity index (χ1n) is 12.1. The summed E-state index contributed by atoms with van der Waals surface area (Å²) in [6.45, 7) is 10.3. The van der Waals surface area contributed by atoms with Crippen molar-refractivity contribution in [3.63, 3.8) is 0 Å². The molecule has 0 saturated carbocycles. The first kappa shape index (κ1) is 24.5. The number of amides is 2. The number of hydrogen-bond donors (Lipinski definition) is 3. The lowest BCUT2D eigenvalue weighted by Gasteiger charge is -2.34. The van der Waals surface area contributed by atoms with Crippen LogP contribution in [-0.2, 0) is 9.59 Å². The third-order valence-electron chi connectivity index (χ3n) is 6.47. The van der Waals surface area contributed by atoms with Crippen molar-refractivity contribution >= 4 is 29.6 Å². The zero-order chi connectivity index (χ0) is 24.8. The molecule has 1 unspecified atom stereocenters. The summed E-state index contributed by atoms with van der Waals surface area (Å²) in [5, 5.41) is 13.0. The molecule has 186 valence electrons. The fraction of sp³-hybridized carbons (Fsp3) is 0.440. The molecule has 1 saturated heterocycles. The van der Waals surface area contributed by atoms with Gasteiger partial charge in [0.1, 0.15) is 17.7 Å². The van der Waals surface area contributed by atoms with Crippen LogP contribution in [0.1, 0.15) is 31.7 Å². The monoisotopic (exact) mass is 478 g/mol. The Hall–Kier alpha value is -3.66. The minimum atomic E-state index is -0.131. The summed E-state index contributed by atoms with van der Waals surface area (Å²) in [5.41, 5.74) is 9.60. The number of aliphatic imine (C=N–C) groups is 1. The second-order valence-corrected chi connectivity index (χ2v) is 8.93. The van der Waals surface area contributed by atoms with E-state index < -0.39 is 0 Å². The molecule has 10 nitrogen and oxygen atoms in total. The number of carbonyl (C=O) groups is 2. The third kappa shape index (κ3) is 5.89. The molecule has 0 bridgehead atoms. The Labute approximate surface area is 206 Å². The number of nitrogens with two attached hydrogens (primary N) is 1. The van der Waals surface area contributed by atoms with Crippen molar-refractivity contribution in [3.05, 3.63) is 53.9 Å². The van der Waals surface area contributed by atoms with Crippen molar-refractivity contribution < 1.29 is 9.59 Å². The summed E-state index contributed by atoms with van der Waals surface area (Å²) >= 11 is 0. The molecule has 4 rings (SSSR count). The van der Waals surface area contributed by atoms with E-state index in [9.17, 15) is 9.59 Å². The third-order valence-corrected chi connectivity index (χ3v) is 6.47. The number of nitrogens with one attached hydrogen (secondary N) is 2. The highest BCUT2D eigenvalue weighted by Gasteiger charge is 2.35. The van der Waals surface area contributed by atoms with Crippen molar-refractivity contribution in [3.8, 4) is 0 Å². The van der Waals surface area contributed by atoms with E-state index in [0.717, 1.165) is 81.1 Å². The van der Waals surface area contributed by atoms with Gasteiger partial charge in [0.05, 0.1) is 11.9 Å². The molecule has 35 heavy (non-hydrogen) atoms. The van der Waals surface area contributed by atoms with Gasteiger partial charge in [0.25, 0.3) is 0 Å². The number of carbonyl (C=O) groups excluding carboxylic acids is 2. The Bertz CT molecular complexity index is 1040. The molecule has 1 aromatic rings. The number of nitrogens with zero attached hydrogens (tertiary/aromatic N) is 5. The maximum Gasteiger partial charge on any atom is 0.246 e. The van der Waals surface area contributed by atoms with Gasteiger partial charge in [-0.25, -0.2) is 4.99 Å². The Morgan fingerprint density at radius 3 is 2.54 bits per heavy atom. The van der Waals surface area contributed by atoms with E-state index >= 15 is 0 Å². The summed E-state index contributed by atoms with van der Waals surface area (Å²) < 4.78 is 0. The molecule has 4 N–H and O–H groups in total. The number of rotatable bonds is 9. The van der Waals surface area contributed by atoms with E-state index in [2.05, 4.69) is 27.1 Å². The van der Waals surface area contributed by atoms with Crippen molar-refractivity contribution in [2.24, 2.45) is 15.8 Å². The van der Waals surface area contributed by atoms with Crippen LogP contribution >= 0.6 is 0 Å². The lowest BCUT2D eigenvalue weighted by atomic mass is 10.00. The number of anilines is 1. The molecule has 1 aromatic carbocycles. The summed E-state index contributed by atoms with van der Waals surface area (Å²) in [7, 11) is 0. The molecule has 1 atom stereocenters. The minimum Gasteiger partial charge on any atom is -0.383 e. The maximum atomic E-state index is 11.7. The van der Waals surface area contributed by atoms with Crippen LogP contribution in [0.4, 0.5) is 5.69 Å². The van der Waals surface area contributed by atoms with E-state index in [4.69, 9.17) is 10.8 Å². The number of hydrazone groups is 1. The van der Waals surface area contributed by atoms with Gasteiger partial charge < -0.3 is 21.3 Å².